The molecule has 1 aromatic carbocycles. The van der Waals surface area contributed by atoms with Gasteiger partial charge in [-0.05, 0) is 31.5 Å². The molecule has 1 saturated heterocycles. The quantitative estimate of drug-likeness (QED) is 0.624. The van der Waals surface area contributed by atoms with Gasteiger partial charge < -0.3 is 15.0 Å². The van der Waals surface area contributed by atoms with Crippen molar-refractivity contribution in [3.63, 3.8) is 0 Å². The Kier molecular flexibility index (Phi) is 7.74. The number of sulfonamides is 1. The predicted molar refractivity (Wildman–Crippen MR) is 108 cm³/mol. The molecule has 0 bridgehead atoms. The van der Waals surface area contributed by atoms with Gasteiger partial charge in [0.25, 0.3) is 5.91 Å². The van der Waals surface area contributed by atoms with Crippen molar-refractivity contribution < 1.29 is 27.5 Å². The average molecular weight is 426 g/mol. The van der Waals surface area contributed by atoms with Gasteiger partial charge in [0.1, 0.15) is 5.75 Å². The van der Waals surface area contributed by atoms with Crippen LogP contribution in [0.1, 0.15) is 37.0 Å². The number of ether oxygens (including phenoxy) is 1. The van der Waals surface area contributed by atoms with Gasteiger partial charge in [0.05, 0.1) is 11.8 Å². The van der Waals surface area contributed by atoms with Gasteiger partial charge in [-0.2, -0.15) is 4.31 Å². The van der Waals surface area contributed by atoms with Crippen LogP contribution < -0.4 is 10.1 Å². The lowest BCUT2D eigenvalue weighted by atomic mass is 10.1. The number of ketones is 1. The van der Waals surface area contributed by atoms with Crippen molar-refractivity contribution >= 4 is 33.3 Å². The molecule has 2 rings (SSSR count). The maximum absolute atomic E-state index is 12.4. The lowest BCUT2D eigenvalue weighted by molar-refractivity contribution is -0.134. The molecule has 160 valence electrons. The summed E-state index contributed by atoms with van der Waals surface area (Å²) in [6, 6.07) is 4.69. The maximum Gasteiger partial charge on any atom is 0.260 e. The highest BCUT2D eigenvalue weighted by Gasteiger charge is 2.26. The van der Waals surface area contributed by atoms with Crippen LogP contribution >= 0.6 is 0 Å². The largest absolute Gasteiger partial charge is 0.483 e. The molecule has 0 spiro atoms. The number of carbonyl (C=O) groups is 3. The van der Waals surface area contributed by atoms with Crippen molar-refractivity contribution in [2.45, 2.75) is 26.7 Å². The SMILES string of the molecule is CCCC(=O)Nc1ccc(OCC(=O)N2CCN(S(C)(=O)=O)CC2)c(C(C)=O)c1. The molecule has 0 radical (unpaired) electrons. The lowest BCUT2D eigenvalue weighted by Gasteiger charge is -2.33. The lowest BCUT2D eigenvalue weighted by Crippen LogP contribution is -2.51. The molecule has 9 nitrogen and oxygen atoms in total. The smallest absolute Gasteiger partial charge is 0.260 e. The zero-order chi connectivity index (χ0) is 21.6. The molecule has 1 heterocycles. The number of amides is 2. The van der Waals surface area contributed by atoms with Crippen molar-refractivity contribution in [2.24, 2.45) is 0 Å². The summed E-state index contributed by atoms with van der Waals surface area (Å²) in [5.41, 5.74) is 0.762. The van der Waals surface area contributed by atoms with Gasteiger partial charge in [0, 0.05) is 38.3 Å². The zero-order valence-electron chi connectivity index (χ0n) is 16.9. The van der Waals surface area contributed by atoms with Crippen LogP contribution in [0.15, 0.2) is 18.2 Å². The summed E-state index contributed by atoms with van der Waals surface area (Å²) < 4.78 is 30.0. The van der Waals surface area contributed by atoms with Gasteiger partial charge in [-0.25, -0.2) is 8.42 Å². The molecule has 1 aliphatic rings. The fourth-order valence-electron chi connectivity index (χ4n) is 2.96. The van der Waals surface area contributed by atoms with Crippen molar-refractivity contribution in [2.75, 3.05) is 44.4 Å². The first-order chi connectivity index (χ1) is 13.6. The van der Waals surface area contributed by atoms with Crippen LogP contribution in [0, 0.1) is 0 Å². The Morgan fingerprint density at radius 3 is 2.34 bits per heavy atom. The molecule has 0 aliphatic carbocycles. The van der Waals surface area contributed by atoms with E-state index in [1.165, 1.54) is 22.2 Å². The molecule has 10 heteroatoms. The van der Waals surface area contributed by atoms with Crippen molar-refractivity contribution in [3.05, 3.63) is 23.8 Å². The molecule has 0 atom stereocenters. The predicted octanol–water partition coefficient (Wildman–Crippen LogP) is 1.11. The Hall–Kier alpha value is -2.46. The number of nitrogens with zero attached hydrogens (tertiary/aromatic N) is 2. The molecule has 0 unspecified atom stereocenters. The van der Waals surface area contributed by atoms with E-state index >= 15 is 0 Å². The van der Waals surface area contributed by atoms with Gasteiger partial charge in [-0.15, -0.1) is 0 Å². The van der Waals surface area contributed by atoms with Crippen molar-refractivity contribution in [1.82, 2.24) is 9.21 Å². The van der Waals surface area contributed by atoms with Crippen molar-refractivity contribution in [3.8, 4) is 5.75 Å². The normalized spacial score (nSPS) is 15.1. The highest BCUT2D eigenvalue weighted by Crippen LogP contribution is 2.24. The first-order valence-electron chi connectivity index (χ1n) is 9.42. The van der Waals surface area contributed by atoms with E-state index in [-0.39, 0.29) is 61.7 Å². The number of carbonyl (C=O) groups excluding carboxylic acids is 3. The molecular weight excluding hydrogens is 398 g/mol. The van der Waals surface area contributed by atoms with Gasteiger partial charge >= 0.3 is 0 Å². The Morgan fingerprint density at radius 2 is 1.79 bits per heavy atom. The van der Waals surface area contributed by atoms with E-state index in [2.05, 4.69) is 5.32 Å². The minimum absolute atomic E-state index is 0.140. The molecule has 1 aromatic rings. The van der Waals surface area contributed by atoms with E-state index in [0.29, 0.717) is 18.5 Å². The number of hydrogen-bond acceptors (Lipinski definition) is 6. The van der Waals surface area contributed by atoms with Crippen LogP contribution in [0.5, 0.6) is 5.75 Å². The summed E-state index contributed by atoms with van der Waals surface area (Å²) in [6.07, 6.45) is 2.24. The number of piperazine rings is 1. The molecular formula is C19H27N3O6S. The summed E-state index contributed by atoms with van der Waals surface area (Å²) in [4.78, 5) is 37.6. The molecule has 0 saturated carbocycles. The highest BCUT2D eigenvalue weighted by atomic mass is 32.2. The third-order valence-electron chi connectivity index (χ3n) is 4.53. The first-order valence-corrected chi connectivity index (χ1v) is 11.3. The fourth-order valence-corrected chi connectivity index (χ4v) is 3.79. The minimum Gasteiger partial charge on any atom is -0.483 e. The Labute approximate surface area is 171 Å². The monoisotopic (exact) mass is 425 g/mol. The Bertz CT molecular complexity index is 876. The zero-order valence-corrected chi connectivity index (χ0v) is 17.8. The van der Waals surface area contributed by atoms with Crippen LogP contribution in [0.2, 0.25) is 0 Å². The molecule has 1 fully saturated rings. The Morgan fingerprint density at radius 1 is 1.14 bits per heavy atom. The third-order valence-corrected chi connectivity index (χ3v) is 5.83. The second-order valence-corrected chi connectivity index (χ2v) is 8.88. The van der Waals surface area contributed by atoms with Crippen LogP contribution in [0.4, 0.5) is 5.69 Å². The second kappa shape index (κ2) is 9.84. The number of nitrogens with one attached hydrogen (secondary N) is 1. The minimum atomic E-state index is -3.27. The summed E-state index contributed by atoms with van der Waals surface area (Å²) >= 11 is 0. The molecule has 1 N–H and O–H groups in total. The summed E-state index contributed by atoms with van der Waals surface area (Å²) in [7, 11) is -3.27. The number of benzene rings is 1. The van der Waals surface area contributed by atoms with Gasteiger partial charge in [0.15, 0.2) is 12.4 Å². The van der Waals surface area contributed by atoms with Crippen LogP contribution in [0.25, 0.3) is 0 Å². The van der Waals surface area contributed by atoms with E-state index in [1.54, 1.807) is 12.1 Å². The number of anilines is 1. The molecule has 1 aliphatic heterocycles. The summed E-state index contributed by atoms with van der Waals surface area (Å²) in [6.45, 7) is 4.08. The number of hydrogen-bond donors (Lipinski definition) is 1. The first kappa shape index (κ1) is 22.8. The van der Waals surface area contributed by atoms with E-state index in [1.807, 2.05) is 6.92 Å². The van der Waals surface area contributed by atoms with Gasteiger partial charge in [-0.1, -0.05) is 6.92 Å². The average Bonchev–Trinajstić information content (AvgIpc) is 2.66. The standard InChI is InChI=1S/C19H27N3O6S/c1-4-5-18(24)20-15-6-7-17(16(12-15)14(2)23)28-13-19(25)21-8-10-22(11-9-21)29(3,26)27/h6-7,12H,4-5,8-11,13H2,1-3H3,(H,20,24). The molecule has 2 amide bonds. The third kappa shape index (κ3) is 6.53. The van der Waals surface area contributed by atoms with Crippen LogP contribution in [0.3, 0.4) is 0 Å². The topological polar surface area (TPSA) is 113 Å². The fraction of sp³-hybridized carbons (Fsp3) is 0.526. The summed E-state index contributed by atoms with van der Waals surface area (Å²) in [5, 5.41) is 2.72. The molecule has 0 aromatic heterocycles. The van der Waals surface area contributed by atoms with E-state index < -0.39 is 10.0 Å². The van der Waals surface area contributed by atoms with E-state index in [0.717, 1.165) is 6.26 Å². The number of Topliss-reactive ketones (excluding diaryl/α,β-unsaturated/α-hetero) is 1. The van der Waals surface area contributed by atoms with Crippen LogP contribution in [-0.4, -0.2) is 74.3 Å². The Balaban J connectivity index is 1.98. The van der Waals surface area contributed by atoms with Crippen LogP contribution in [-0.2, 0) is 19.6 Å². The number of rotatable bonds is 8. The van der Waals surface area contributed by atoms with E-state index in [9.17, 15) is 22.8 Å². The maximum atomic E-state index is 12.4. The van der Waals surface area contributed by atoms with Crippen molar-refractivity contribution in [1.29, 1.82) is 0 Å². The van der Waals surface area contributed by atoms with Gasteiger partial charge in [0.2, 0.25) is 15.9 Å². The molecule has 29 heavy (non-hydrogen) atoms. The summed E-state index contributed by atoms with van der Waals surface area (Å²) in [5.74, 6) is -0.415. The second-order valence-electron chi connectivity index (χ2n) is 6.90. The van der Waals surface area contributed by atoms with E-state index in [4.69, 9.17) is 4.74 Å². The van der Waals surface area contributed by atoms with Gasteiger partial charge in [-0.3, -0.25) is 14.4 Å². The highest BCUT2D eigenvalue weighted by molar-refractivity contribution is 7.88.